The molecule has 3 aromatic rings. The summed E-state index contributed by atoms with van der Waals surface area (Å²) in [5.74, 6) is 0.266. The highest BCUT2D eigenvalue weighted by Crippen LogP contribution is 2.45. The largest absolute Gasteiger partial charge is 0.497 e. The number of amides is 1. The standard InChI is InChI=1S/C32H34FN3O5/c1-19(37)35-14-4-5-21-16-34(18-27(21)35)30-26(33)15-24-29(32(30)41-3)36(22-9-10-22)17-25(31(24)39)28(38)13-8-20-6-11-23(40-2)12-7-20/h6-8,11-13,15,17,21-22,27H,4-5,9-10,14,16,18H2,1-3H3. The molecule has 3 heterocycles. The maximum Gasteiger partial charge on any atom is 0.219 e. The van der Waals surface area contributed by atoms with Crippen molar-refractivity contribution in [1.29, 1.82) is 0 Å². The van der Waals surface area contributed by atoms with Gasteiger partial charge in [-0.25, -0.2) is 4.39 Å². The second-order valence-corrected chi connectivity index (χ2v) is 11.2. The minimum atomic E-state index is -0.569. The summed E-state index contributed by atoms with van der Waals surface area (Å²) in [6.45, 7) is 3.41. The molecule has 2 atom stereocenters. The lowest BCUT2D eigenvalue weighted by molar-refractivity contribution is -0.132. The van der Waals surface area contributed by atoms with E-state index in [1.807, 2.05) is 26.5 Å². The Morgan fingerprint density at radius 1 is 1.05 bits per heavy atom. The van der Waals surface area contributed by atoms with Crippen LogP contribution in [0, 0.1) is 11.7 Å². The van der Waals surface area contributed by atoms with Crippen LogP contribution >= 0.6 is 0 Å². The summed E-state index contributed by atoms with van der Waals surface area (Å²) >= 11 is 0. The van der Waals surface area contributed by atoms with Crippen molar-refractivity contribution in [3.05, 3.63) is 69.8 Å². The SMILES string of the molecule is COc1ccc(C=CC(=O)c2cn(C3CC3)c3c(OC)c(N4CC5CCCN(C(C)=O)C5C4)c(F)cc3c2=O)cc1. The van der Waals surface area contributed by atoms with Gasteiger partial charge in [0.1, 0.15) is 11.4 Å². The molecule has 2 saturated heterocycles. The number of halogens is 1. The van der Waals surface area contributed by atoms with Crippen molar-refractivity contribution >= 4 is 34.4 Å². The molecule has 1 saturated carbocycles. The zero-order valence-corrected chi connectivity index (χ0v) is 23.6. The second-order valence-electron chi connectivity index (χ2n) is 11.2. The summed E-state index contributed by atoms with van der Waals surface area (Å²) in [6.07, 6.45) is 8.32. The van der Waals surface area contributed by atoms with Gasteiger partial charge in [-0.1, -0.05) is 18.2 Å². The summed E-state index contributed by atoms with van der Waals surface area (Å²) < 4.78 is 28.9. The van der Waals surface area contributed by atoms with Crippen LogP contribution in [0.4, 0.5) is 10.1 Å². The van der Waals surface area contributed by atoms with Gasteiger partial charge < -0.3 is 23.8 Å². The fourth-order valence-electron chi connectivity index (χ4n) is 6.48. The Kier molecular flexibility index (Phi) is 7.05. The molecule has 2 unspecified atom stereocenters. The minimum Gasteiger partial charge on any atom is -0.497 e. The van der Waals surface area contributed by atoms with E-state index in [-0.39, 0.29) is 34.9 Å². The van der Waals surface area contributed by atoms with Gasteiger partial charge in [0.25, 0.3) is 0 Å². The highest BCUT2D eigenvalue weighted by atomic mass is 19.1. The molecule has 0 bridgehead atoms. The molecule has 3 aliphatic rings. The van der Waals surface area contributed by atoms with Gasteiger partial charge >= 0.3 is 0 Å². The van der Waals surface area contributed by atoms with Crippen molar-refractivity contribution in [3.8, 4) is 11.5 Å². The number of carbonyl (C=O) groups excluding carboxylic acids is 2. The van der Waals surface area contributed by atoms with E-state index >= 15 is 4.39 Å². The number of ether oxygens (including phenoxy) is 2. The number of hydrogen-bond acceptors (Lipinski definition) is 6. The number of benzene rings is 2. The first-order valence-corrected chi connectivity index (χ1v) is 14.1. The smallest absolute Gasteiger partial charge is 0.219 e. The molecule has 1 amide bonds. The number of fused-ring (bicyclic) bond motifs is 2. The number of carbonyl (C=O) groups is 2. The van der Waals surface area contributed by atoms with Crippen LogP contribution in [0.25, 0.3) is 17.0 Å². The van der Waals surface area contributed by atoms with Crippen LogP contribution in [0.3, 0.4) is 0 Å². The van der Waals surface area contributed by atoms with E-state index in [9.17, 15) is 14.4 Å². The number of pyridine rings is 1. The molecule has 1 aromatic heterocycles. The zero-order valence-electron chi connectivity index (χ0n) is 23.6. The summed E-state index contributed by atoms with van der Waals surface area (Å²) in [4.78, 5) is 43.1. The minimum absolute atomic E-state index is 0.00680. The maximum atomic E-state index is 16.0. The first-order valence-electron chi connectivity index (χ1n) is 14.1. The molecule has 8 nitrogen and oxygen atoms in total. The third-order valence-corrected chi connectivity index (χ3v) is 8.65. The number of allylic oxidation sites excluding steroid dienone is 1. The first-order chi connectivity index (χ1) is 19.8. The lowest BCUT2D eigenvalue weighted by Crippen LogP contribution is -2.47. The van der Waals surface area contributed by atoms with Crippen molar-refractivity contribution in [3.63, 3.8) is 0 Å². The average Bonchev–Trinajstić information content (AvgIpc) is 3.73. The topological polar surface area (TPSA) is 81.1 Å². The summed E-state index contributed by atoms with van der Waals surface area (Å²) in [5.41, 5.74) is 1.07. The number of likely N-dealkylation sites (tertiary alicyclic amines) is 1. The molecule has 9 heteroatoms. The Balaban J connectivity index is 1.41. The van der Waals surface area contributed by atoms with Crippen molar-refractivity contribution in [2.75, 3.05) is 38.8 Å². The number of ketones is 1. The molecule has 0 spiro atoms. The molecular weight excluding hydrogens is 525 g/mol. The van der Waals surface area contributed by atoms with Gasteiger partial charge in [0, 0.05) is 38.8 Å². The molecule has 41 heavy (non-hydrogen) atoms. The van der Waals surface area contributed by atoms with Gasteiger partial charge in [0.15, 0.2) is 17.3 Å². The van der Waals surface area contributed by atoms with Crippen molar-refractivity contribution in [1.82, 2.24) is 9.47 Å². The number of methoxy groups -OCH3 is 2. The molecule has 2 aliphatic heterocycles. The van der Waals surface area contributed by atoms with E-state index in [0.29, 0.717) is 42.3 Å². The van der Waals surface area contributed by atoms with Gasteiger partial charge in [-0.15, -0.1) is 0 Å². The van der Waals surface area contributed by atoms with E-state index in [4.69, 9.17) is 9.47 Å². The average molecular weight is 560 g/mol. The van der Waals surface area contributed by atoms with E-state index in [1.54, 1.807) is 38.4 Å². The highest BCUT2D eigenvalue weighted by Gasteiger charge is 2.42. The van der Waals surface area contributed by atoms with Crippen molar-refractivity contribution < 1.29 is 23.5 Å². The number of anilines is 1. The first kappa shape index (κ1) is 27.1. The van der Waals surface area contributed by atoms with Crippen LogP contribution in [0.2, 0.25) is 0 Å². The number of aromatic nitrogens is 1. The molecular formula is C32H34FN3O5. The molecule has 6 rings (SSSR count). The third kappa shape index (κ3) is 4.87. The quantitative estimate of drug-likeness (QED) is 0.305. The molecule has 214 valence electrons. The third-order valence-electron chi connectivity index (χ3n) is 8.65. The highest BCUT2D eigenvalue weighted by molar-refractivity contribution is 6.08. The Morgan fingerprint density at radius 3 is 2.46 bits per heavy atom. The predicted molar refractivity (Wildman–Crippen MR) is 155 cm³/mol. The van der Waals surface area contributed by atoms with Crippen LogP contribution in [0.1, 0.15) is 54.6 Å². The van der Waals surface area contributed by atoms with Crippen molar-refractivity contribution in [2.24, 2.45) is 5.92 Å². The lowest BCUT2D eigenvalue weighted by Gasteiger charge is -2.36. The summed E-state index contributed by atoms with van der Waals surface area (Å²) in [5, 5.41) is 0.126. The summed E-state index contributed by atoms with van der Waals surface area (Å²) in [6, 6.07) is 8.58. The molecule has 2 aromatic carbocycles. The second kappa shape index (κ2) is 10.7. The van der Waals surface area contributed by atoms with Gasteiger partial charge in [-0.05, 0) is 61.4 Å². The lowest BCUT2D eigenvalue weighted by atomic mass is 9.92. The van der Waals surface area contributed by atoms with Crippen molar-refractivity contribution in [2.45, 2.75) is 44.7 Å². The Bertz CT molecular complexity index is 1610. The van der Waals surface area contributed by atoms with Gasteiger partial charge in [-0.3, -0.25) is 14.4 Å². The Morgan fingerprint density at radius 2 is 1.80 bits per heavy atom. The monoisotopic (exact) mass is 559 g/mol. The fourth-order valence-corrected chi connectivity index (χ4v) is 6.48. The molecule has 3 fully saturated rings. The van der Waals surface area contributed by atoms with Gasteiger partial charge in [0.05, 0.1) is 36.7 Å². The normalized spacial score (nSPS) is 20.5. The van der Waals surface area contributed by atoms with Crippen LogP contribution in [-0.4, -0.2) is 61.1 Å². The van der Waals surface area contributed by atoms with E-state index in [1.165, 1.54) is 19.3 Å². The van der Waals surface area contributed by atoms with Gasteiger partial charge in [-0.2, -0.15) is 0 Å². The van der Waals surface area contributed by atoms with Crippen LogP contribution in [-0.2, 0) is 4.79 Å². The number of nitrogens with zero attached hydrogens (tertiary/aromatic N) is 3. The van der Waals surface area contributed by atoms with Gasteiger partial charge in [0.2, 0.25) is 11.3 Å². The fraction of sp³-hybridized carbons (Fsp3) is 0.406. The molecule has 0 radical (unpaired) electrons. The molecule has 0 N–H and O–H groups in total. The van der Waals surface area contributed by atoms with Crippen LogP contribution < -0.4 is 19.8 Å². The maximum absolute atomic E-state index is 16.0. The number of piperidine rings is 1. The summed E-state index contributed by atoms with van der Waals surface area (Å²) in [7, 11) is 3.07. The van der Waals surface area contributed by atoms with Crippen LogP contribution in [0.5, 0.6) is 11.5 Å². The van der Waals surface area contributed by atoms with Crippen LogP contribution in [0.15, 0.2) is 47.4 Å². The Labute approximate surface area is 237 Å². The van der Waals surface area contributed by atoms with E-state index in [0.717, 1.165) is 31.2 Å². The molecule has 1 aliphatic carbocycles. The zero-order chi connectivity index (χ0) is 28.8. The predicted octanol–water partition coefficient (Wildman–Crippen LogP) is 4.84. The number of hydrogen-bond donors (Lipinski definition) is 0. The number of rotatable bonds is 7. The van der Waals surface area contributed by atoms with E-state index < -0.39 is 17.0 Å². The Hall–Kier alpha value is -4.14. The van der Waals surface area contributed by atoms with E-state index in [2.05, 4.69) is 0 Å².